The fraction of sp³-hybridized carbons (Fsp3) is 0.407. The van der Waals surface area contributed by atoms with E-state index in [0.29, 0.717) is 50.1 Å². The molecule has 0 saturated carbocycles. The molecule has 2 aromatic heterocycles. The number of rotatable bonds is 4. The van der Waals surface area contributed by atoms with Crippen molar-refractivity contribution in [1.29, 1.82) is 0 Å². The van der Waals surface area contributed by atoms with E-state index in [1.165, 1.54) is 0 Å². The molecule has 3 saturated heterocycles. The smallest absolute Gasteiger partial charge is 0.251 e. The average Bonchev–Trinajstić information content (AvgIpc) is 3.18. The van der Waals surface area contributed by atoms with E-state index < -0.39 is 0 Å². The number of benzene rings is 1. The maximum atomic E-state index is 12.2. The van der Waals surface area contributed by atoms with Gasteiger partial charge in [0.05, 0.1) is 49.6 Å². The Balaban J connectivity index is 1.49. The Hall–Kier alpha value is -3.74. The van der Waals surface area contributed by atoms with Gasteiger partial charge in [-0.05, 0) is 37.1 Å². The third-order valence-corrected chi connectivity index (χ3v) is 7.24. The van der Waals surface area contributed by atoms with Crippen molar-refractivity contribution in [3.8, 4) is 23.6 Å². The van der Waals surface area contributed by atoms with Crippen molar-refractivity contribution >= 4 is 28.7 Å². The topological polar surface area (TPSA) is 92.7 Å². The van der Waals surface area contributed by atoms with Gasteiger partial charge in [0.25, 0.3) is 5.91 Å². The molecule has 3 aliphatic rings. The first-order valence-corrected chi connectivity index (χ1v) is 12.3. The maximum absolute atomic E-state index is 12.2. The molecule has 3 atom stereocenters. The zero-order chi connectivity index (χ0) is 24.6. The van der Waals surface area contributed by atoms with E-state index in [0.717, 1.165) is 35.3 Å². The first-order valence-electron chi connectivity index (χ1n) is 12.3. The monoisotopic (exact) mass is 484 g/mol. The second-order valence-corrected chi connectivity index (χ2v) is 9.36. The summed E-state index contributed by atoms with van der Waals surface area (Å²) in [6.07, 6.45) is 7.98. The van der Waals surface area contributed by atoms with Gasteiger partial charge in [-0.3, -0.25) is 4.79 Å². The lowest BCUT2D eigenvalue weighted by atomic mass is 10.1. The Labute approximate surface area is 209 Å². The van der Waals surface area contributed by atoms with Crippen LogP contribution in [0.15, 0.2) is 36.4 Å². The molecule has 0 aliphatic carbocycles. The molecule has 3 aliphatic heterocycles. The summed E-state index contributed by atoms with van der Waals surface area (Å²) in [6, 6.07) is 11.8. The summed E-state index contributed by atoms with van der Waals surface area (Å²) < 4.78 is 11.4. The fourth-order valence-corrected chi connectivity index (χ4v) is 5.39. The van der Waals surface area contributed by atoms with Crippen molar-refractivity contribution < 1.29 is 14.3 Å². The standard InChI is InChI=1S/C27H28N6O3/c1-3-19-14-35-12-11-32(19)27-30-24-22(25(31-27)33-20-7-8-21(33)16-36-15-20)9-10-23(29-24)17-5-4-6-18(13-17)26(34)28-2/h1,4-6,9-10,13,19-21H,7-8,11-12,14-16H2,2H3,(H,28,34)/t19-,20?,21?/m0/s1. The van der Waals surface area contributed by atoms with Crippen LogP contribution >= 0.6 is 0 Å². The van der Waals surface area contributed by atoms with Crippen LogP contribution in [-0.2, 0) is 9.47 Å². The lowest BCUT2D eigenvalue weighted by Gasteiger charge is -2.37. The zero-order valence-electron chi connectivity index (χ0n) is 20.2. The van der Waals surface area contributed by atoms with Crippen molar-refractivity contribution in [3.05, 3.63) is 42.0 Å². The fourth-order valence-electron chi connectivity index (χ4n) is 5.39. The molecule has 3 fully saturated rings. The van der Waals surface area contributed by atoms with Gasteiger partial charge < -0.3 is 24.6 Å². The SMILES string of the molecule is C#C[C@H]1COCCN1c1nc(N2C3CCC2COC3)c2ccc(-c3cccc(C(=O)NC)c3)nc2n1. The molecule has 9 nitrogen and oxygen atoms in total. The van der Waals surface area contributed by atoms with Crippen LogP contribution in [0.3, 0.4) is 0 Å². The predicted octanol–water partition coefficient (Wildman–Crippen LogP) is 2.26. The van der Waals surface area contributed by atoms with Crippen molar-refractivity contribution in [3.63, 3.8) is 0 Å². The average molecular weight is 485 g/mol. The highest BCUT2D eigenvalue weighted by molar-refractivity contribution is 5.95. The summed E-state index contributed by atoms with van der Waals surface area (Å²) in [5.41, 5.74) is 2.77. The number of carbonyl (C=O) groups is 1. The number of ether oxygens (including phenoxy) is 2. The molecular formula is C27H28N6O3. The van der Waals surface area contributed by atoms with Gasteiger partial charge in [-0.15, -0.1) is 6.42 Å². The van der Waals surface area contributed by atoms with Gasteiger partial charge in [0.2, 0.25) is 5.95 Å². The third-order valence-electron chi connectivity index (χ3n) is 7.24. The summed E-state index contributed by atoms with van der Waals surface area (Å²) >= 11 is 0. The van der Waals surface area contributed by atoms with Crippen molar-refractivity contribution in [2.75, 3.05) is 49.8 Å². The predicted molar refractivity (Wildman–Crippen MR) is 137 cm³/mol. The summed E-state index contributed by atoms with van der Waals surface area (Å²) in [5.74, 6) is 4.13. The van der Waals surface area contributed by atoms with Gasteiger partial charge >= 0.3 is 0 Å². The van der Waals surface area contributed by atoms with Crippen LogP contribution in [0, 0.1) is 12.3 Å². The molecule has 36 heavy (non-hydrogen) atoms. The van der Waals surface area contributed by atoms with E-state index in [4.69, 9.17) is 30.8 Å². The molecule has 1 N–H and O–H groups in total. The van der Waals surface area contributed by atoms with Gasteiger partial charge in [0.15, 0.2) is 5.65 Å². The molecule has 0 spiro atoms. The van der Waals surface area contributed by atoms with Gasteiger partial charge in [0, 0.05) is 24.7 Å². The van der Waals surface area contributed by atoms with Gasteiger partial charge in [-0.2, -0.15) is 9.97 Å². The van der Waals surface area contributed by atoms with Crippen molar-refractivity contribution in [2.24, 2.45) is 0 Å². The second-order valence-electron chi connectivity index (χ2n) is 9.36. The summed E-state index contributed by atoms with van der Waals surface area (Å²) in [4.78, 5) is 31.5. The number of pyridine rings is 1. The number of amides is 1. The number of morpholine rings is 2. The number of anilines is 2. The molecule has 5 heterocycles. The molecule has 6 rings (SSSR count). The van der Waals surface area contributed by atoms with Crippen molar-refractivity contribution in [1.82, 2.24) is 20.3 Å². The first-order chi connectivity index (χ1) is 17.7. The molecule has 2 unspecified atom stereocenters. The second kappa shape index (κ2) is 9.37. The molecule has 9 heteroatoms. The summed E-state index contributed by atoms with van der Waals surface area (Å²) in [6.45, 7) is 3.01. The zero-order valence-corrected chi connectivity index (χ0v) is 20.2. The van der Waals surface area contributed by atoms with Crippen LogP contribution in [0.25, 0.3) is 22.3 Å². The minimum atomic E-state index is -0.238. The normalized spacial score (nSPS) is 23.5. The molecule has 3 aromatic rings. The van der Waals surface area contributed by atoms with Crippen LogP contribution in [-0.4, -0.2) is 79.0 Å². The number of hydrogen-bond acceptors (Lipinski definition) is 8. The highest BCUT2D eigenvalue weighted by atomic mass is 16.5. The van der Waals surface area contributed by atoms with E-state index >= 15 is 0 Å². The third kappa shape index (κ3) is 3.92. The first kappa shape index (κ1) is 22.7. The Morgan fingerprint density at radius 3 is 2.69 bits per heavy atom. The molecular weight excluding hydrogens is 456 g/mol. The number of nitrogens with zero attached hydrogens (tertiary/aromatic N) is 5. The van der Waals surface area contributed by atoms with Crippen LogP contribution in [0.4, 0.5) is 11.8 Å². The Bertz CT molecular complexity index is 1340. The van der Waals surface area contributed by atoms with Crippen LogP contribution < -0.4 is 15.1 Å². The largest absolute Gasteiger partial charge is 0.377 e. The molecule has 184 valence electrons. The number of hydrogen-bond donors (Lipinski definition) is 1. The van der Waals surface area contributed by atoms with Crippen LogP contribution in [0.2, 0.25) is 0 Å². The number of terminal acetylenes is 1. The number of carbonyl (C=O) groups excluding carboxylic acids is 1. The number of nitrogens with one attached hydrogen (secondary N) is 1. The Kier molecular flexibility index (Phi) is 5.91. The molecule has 2 bridgehead atoms. The van der Waals surface area contributed by atoms with E-state index in [-0.39, 0.29) is 24.0 Å². The minimum absolute atomic E-state index is 0.139. The van der Waals surface area contributed by atoms with E-state index in [9.17, 15) is 4.79 Å². The maximum Gasteiger partial charge on any atom is 0.251 e. The quantitative estimate of drug-likeness (QED) is 0.564. The molecule has 1 aromatic carbocycles. The minimum Gasteiger partial charge on any atom is -0.377 e. The van der Waals surface area contributed by atoms with Gasteiger partial charge in [-0.1, -0.05) is 18.1 Å². The summed E-state index contributed by atoms with van der Waals surface area (Å²) in [5, 5.41) is 3.57. The van der Waals surface area contributed by atoms with Gasteiger partial charge in [0.1, 0.15) is 11.9 Å². The van der Waals surface area contributed by atoms with E-state index in [1.807, 2.05) is 35.2 Å². The van der Waals surface area contributed by atoms with Crippen LogP contribution in [0.1, 0.15) is 23.2 Å². The molecule has 1 amide bonds. The summed E-state index contributed by atoms with van der Waals surface area (Å²) in [7, 11) is 1.62. The van der Waals surface area contributed by atoms with Crippen molar-refractivity contribution in [2.45, 2.75) is 31.0 Å². The molecule has 0 radical (unpaired) electrons. The highest BCUT2D eigenvalue weighted by Gasteiger charge is 2.39. The number of aromatic nitrogens is 3. The Morgan fingerprint density at radius 2 is 1.92 bits per heavy atom. The Morgan fingerprint density at radius 1 is 1.08 bits per heavy atom. The van der Waals surface area contributed by atoms with E-state index in [1.54, 1.807) is 13.1 Å². The highest BCUT2D eigenvalue weighted by Crippen LogP contribution is 2.38. The van der Waals surface area contributed by atoms with E-state index in [2.05, 4.69) is 16.1 Å². The van der Waals surface area contributed by atoms with Gasteiger partial charge in [-0.25, -0.2) is 4.98 Å². The lowest BCUT2D eigenvalue weighted by Crippen LogP contribution is -2.48. The van der Waals surface area contributed by atoms with Crippen LogP contribution in [0.5, 0.6) is 0 Å². The lowest BCUT2D eigenvalue weighted by molar-refractivity contribution is 0.0903. The number of fused-ring (bicyclic) bond motifs is 3.